The van der Waals surface area contributed by atoms with Crippen LogP contribution < -0.4 is 4.90 Å². The fourth-order valence-corrected chi connectivity index (χ4v) is 5.05. The monoisotopic (exact) mass is 398 g/mol. The molecule has 1 aromatic rings. The van der Waals surface area contributed by atoms with Crippen LogP contribution in [0.15, 0.2) is 6.07 Å². The molecule has 2 heterocycles. The fourth-order valence-electron chi connectivity index (χ4n) is 5.05. The Kier molecular flexibility index (Phi) is 6.48. The summed E-state index contributed by atoms with van der Waals surface area (Å²) in [6, 6.07) is 2.30. The number of anilines is 1. The lowest BCUT2D eigenvalue weighted by Crippen LogP contribution is -2.47. The third-order valence-corrected chi connectivity index (χ3v) is 7.61. The van der Waals surface area contributed by atoms with Crippen LogP contribution in [0.4, 0.5) is 5.82 Å². The second kappa shape index (κ2) is 8.91. The molecule has 2 saturated carbocycles. The van der Waals surface area contributed by atoms with Crippen LogP contribution >= 0.6 is 0 Å². The van der Waals surface area contributed by atoms with Gasteiger partial charge in [-0.3, -0.25) is 4.90 Å². The van der Waals surface area contributed by atoms with Crippen molar-refractivity contribution in [1.82, 2.24) is 14.9 Å². The summed E-state index contributed by atoms with van der Waals surface area (Å²) < 4.78 is 0. The Hall–Kier alpha value is -1.16. The number of hydrogen-bond acceptors (Lipinski definition) is 4. The van der Waals surface area contributed by atoms with Crippen molar-refractivity contribution in [2.45, 2.75) is 90.4 Å². The first-order valence-corrected chi connectivity index (χ1v) is 12.3. The topological polar surface area (TPSA) is 32.3 Å². The van der Waals surface area contributed by atoms with Gasteiger partial charge in [0.15, 0.2) is 0 Å². The van der Waals surface area contributed by atoms with Crippen LogP contribution in [-0.2, 0) is 5.41 Å². The molecule has 0 bridgehead atoms. The number of nitrogens with zero attached hydrogens (tertiary/aromatic N) is 4. The van der Waals surface area contributed by atoms with Crippen LogP contribution in [0.1, 0.15) is 96.5 Å². The van der Waals surface area contributed by atoms with Crippen LogP contribution in [0, 0.1) is 11.8 Å². The van der Waals surface area contributed by atoms with Crippen LogP contribution in [0.25, 0.3) is 0 Å². The molecular weight excluding hydrogens is 356 g/mol. The van der Waals surface area contributed by atoms with E-state index in [0.717, 1.165) is 30.7 Å². The Labute approximate surface area is 178 Å². The zero-order valence-corrected chi connectivity index (χ0v) is 19.3. The summed E-state index contributed by atoms with van der Waals surface area (Å²) in [6.45, 7) is 15.0. The molecule has 0 radical (unpaired) electrons. The predicted octanol–water partition coefficient (Wildman–Crippen LogP) is 5.38. The van der Waals surface area contributed by atoms with Crippen LogP contribution in [0.5, 0.6) is 0 Å². The van der Waals surface area contributed by atoms with Crippen molar-refractivity contribution in [2.24, 2.45) is 11.8 Å². The zero-order valence-electron chi connectivity index (χ0n) is 19.3. The van der Waals surface area contributed by atoms with Crippen molar-refractivity contribution in [1.29, 1.82) is 0 Å². The van der Waals surface area contributed by atoms with Gasteiger partial charge < -0.3 is 4.90 Å². The van der Waals surface area contributed by atoms with Crippen molar-refractivity contribution in [3.63, 3.8) is 0 Å². The van der Waals surface area contributed by atoms with Crippen LogP contribution in [-0.4, -0.2) is 47.6 Å². The van der Waals surface area contributed by atoms with E-state index in [1.807, 2.05) is 0 Å². The highest BCUT2D eigenvalue weighted by Crippen LogP contribution is 2.37. The molecule has 4 rings (SSSR count). The van der Waals surface area contributed by atoms with Gasteiger partial charge in [-0.1, -0.05) is 59.8 Å². The van der Waals surface area contributed by atoms with E-state index in [1.54, 1.807) is 0 Å². The maximum atomic E-state index is 5.02. The molecule has 3 aliphatic rings. The third-order valence-electron chi connectivity index (χ3n) is 7.61. The van der Waals surface area contributed by atoms with Crippen molar-refractivity contribution in [3.8, 4) is 0 Å². The largest absolute Gasteiger partial charge is 0.354 e. The molecule has 29 heavy (non-hydrogen) atoms. The summed E-state index contributed by atoms with van der Waals surface area (Å²) in [6.07, 6.45) is 11.2. The molecule has 0 N–H and O–H groups in total. The maximum absolute atomic E-state index is 5.02. The molecular formula is C25H42N4. The Balaban J connectivity index is 1.34. The van der Waals surface area contributed by atoms with Crippen LogP contribution in [0.2, 0.25) is 0 Å². The Morgan fingerprint density at radius 2 is 1.62 bits per heavy atom. The minimum Gasteiger partial charge on any atom is -0.354 e. The summed E-state index contributed by atoms with van der Waals surface area (Å²) in [5, 5.41) is 0. The first-order valence-electron chi connectivity index (χ1n) is 12.3. The van der Waals surface area contributed by atoms with E-state index < -0.39 is 0 Å². The van der Waals surface area contributed by atoms with Crippen molar-refractivity contribution >= 4 is 5.82 Å². The summed E-state index contributed by atoms with van der Waals surface area (Å²) in [5.41, 5.74) is 1.30. The Bertz CT molecular complexity index is 660. The molecule has 0 unspecified atom stereocenters. The molecule has 0 amide bonds. The van der Waals surface area contributed by atoms with E-state index >= 15 is 0 Å². The van der Waals surface area contributed by atoms with Crippen molar-refractivity contribution < 1.29 is 0 Å². The second-order valence-electron chi connectivity index (χ2n) is 11.1. The number of aromatic nitrogens is 2. The van der Waals surface area contributed by atoms with Gasteiger partial charge >= 0.3 is 0 Å². The van der Waals surface area contributed by atoms with Crippen molar-refractivity contribution in [3.05, 3.63) is 17.6 Å². The minimum absolute atomic E-state index is 0.00776. The quantitative estimate of drug-likeness (QED) is 0.666. The molecule has 1 saturated heterocycles. The summed E-state index contributed by atoms with van der Waals surface area (Å²) in [4.78, 5) is 15.2. The average Bonchev–Trinajstić information content (AvgIpc) is 2.66. The summed E-state index contributed by atoms with van der Waals surface area (Å²) >= 11 is 0. The van der Waals surface area contributed by atoms with Gasteiger partial charge in [-0.25, -0.2) is 9.97 Å². The number of rotatable bonds is 5. The molecule has 1 aliphatic heterocycles. The highest BCUT2D eigenvalue weighted by Gasteiger charge is 2.28. The first kappa shape index (κ1) is 21.1. The lowest BCUT2D eigenvalue weighted by Gasteiger charge is -2.37. The van der Waals surface area contributed by atoms with E-state index in [1.165, 1.54) is 82.5 Å². The third kappa shape index (κ3) is 5.31. The van der Waals surface area contributed by atoms with E-state index in [4.69, 9.17) is 9.97 Å². The molecule has 2 aliphatic carbocycles. The number of piperazine rings is 1. The van der Waals surface area contributed by atoms with E-state index in [0.29, 0.717) is 5.92 Å². The minimum atomic E-state index is 0.00776. The first-order chi connectivity index (χ1) is 13.9. The maximum Gasteiger partial charge on any atom is 0.136 e. The Morgan fingerprint density at radius 1 is 0.931 bits per heavy atom. The van der Waals surface area contributed by atoms with Crippen molar-refractivity contribution in [2.75, 3.05) is 37.6 Å². The molecule has 0 atom stereocenters. The SMILES string of the molecule is CC1CCC(CCN2CCN(c3cc(C4CCC4)nc(C(C)(C)C)n3)CC2)CC1. The smallest absolute Gasteiger partial charge is 0.136 e. The predicted molar refractivity (Wildman–Crippen MR) is 122 cm³/mol. The zero-order chi connectivity index (χ0) is 20.4. The standard InChI is InChI=1S/C25H42N4/c1-19-8-10-20(11-9-19)12-13-28-14-16-29(17-15-28)23-18-22(21-6-5-7-21)26-24(27-23)25(2,3)4/h18-21H,5-17H2,1-4H3. The van der Waals surface area contributed by atoms with Gasteiger partial charge in [0, 0.05) is 49.3 Å². The molecule has 3 fully saturated rings. The van der Waals surface area contributed by atoms with Gasteiger partial charge in [-0.15, -0.1) is 0 Å². The van der Waals surface area contributed by atoms with Gasteiger partial charge in [0.2, 0.25) is 0 Å². The van der Waals surface area contributed by atoms with Crippen LogP contribution in [0.3, 0.4) is 0 Å². The average molecular weight is 399 g/mol. The van der Waals surface area contributed by atoms with Gasteiger partial charge in [-0.05, 0) is 37.6 Å². The van der Waals surface area contributed by atoms with Gasteiger partial charge in [0.05, 0.1) is 0 Å². The molecule has 4 nitrogen and oxygen atoms in total. The lowest BCUT2D eigenvalue weighted by molar-refractivity contribution is 0.208. The molecule has 162 valence electrons. The second-order valence-corrected chi connectivity index (χ2v) is 11.1. The molecule has 4 heteroatoms. The van der Waals surface area contributed by atoms with Gasteiger partial charge in [0.25, 0.3) is 0 Å². The Morgan fingerprint density at radius 3 is 2.21 bits per heavy atom. The summed E-state index contributed by atoms with van der Waals surface area (Å²) in [7, 11) is 0. The highest BCUT2D eigenvalue weighted by molar-refractivity contribution is 5.42. The molecule has 1 aromatic heterocycles. The molecule has 0 aromatic carbocycles. The van der Waals surface area contributed by atoms with E-state index in [-0.39, 0.29) is 5.41 Å². The van der Waals surface area contributed by atoms with E-state index in [2.05, 4.69) is 43.6 Å². The van der Waals surface area contributed by atoms with Gasteiger partial charge in [0.1, 0.15) is 11.6 Å². The number of hydrogen-bond donors (Lipinski definition) is 0. The highest BCUT2D eigenvalue weighted by atomic mass is 15.3. The normalized spacial score (nSPS) is 27.1. The summed E-state index contributed by atoms with van der Waals surface area (Å²) in [5.74, 6) is 4.80. The van der Waals surface area contributed by atoms with E-state index in [9.17, 15) is 0 Å². The fraction of sp³-hybridized carbons (Fsp3) is 0.840. The molecule has 0 spiro atoms. The lowest BCUT2D eigenvalue weighted by atomic mass is 9.81. The van der Waals surface area contributed by atoms with Gasteiger partial charge in [-0.2, -0.15) is 0 Å².